The molecule has 0 amide bonds. The molecule has 20 heavy (non-hydrogen) atoms. The number of hydrogen-bond donors (Lipinski definition) is 3. The third-order valence-corrected chi connectivity index (χ3v) is 5.51. The Balaban J connectivity index is 5.21. The molecular weight excluding hydrogens is 283 g/mol. The topological polar surface area (TPSA) is 112 Å². The molecule has 116 valence electrons. The van der Waals surface area contributed by atoms with Gasteiger partial charge in [-0.2, -0.15) is 0 Å². The SMILES string of the molecule is CC=CC(C(CCC(=O)O)C(=O)O)P(=O)(O)CCCC. The molecule has 0 saturated carbocycles. The summed E-state index contributed by atoms with van der Waals surface area (Å²) < 4.78 is 12.3. The van der Waals surface area contributed by atoms with Crippen LogP contribution >= 0.6 is 7.37 Å². The van der Waals surface area contributed by atoms with E-state index in [2.05, 4.69) is 0 Å². The quantitative estimate of drug-likeness (QED) is 0.422. The first-order chi connectivity index (χ1) is 9.26. The molecule has 0 aromatic rings. The Bertz CT molecular complexity index is 404. The second-order valence-electron chi connectivity index (χ2n) is 4.73. The van der Waals surface area contributed by atoms with E-state index in [0.717, 1.165) is 6.42 Å². The second kappa shape index (κ2) is 8.93. The van der Waals surface area contributed by atoms with Crippen LogP contribution in [0.2, 0.25) is 0 Å². The largest absolute Gasteiger partial charge is 0.481 e. The summed E-state index contributed by atoms with van der Waals surface area (Å²) in [5.41, 5.74) is -1.03. The van der Waals surface area contributed by atoms with Gasteiger partial charge in [-0.25, -0.2) is 0 Å². The number of carboxylic acid groups (broad SMARTS) is 2. The van der Waals surface area contributed by atoms with E-state index in [1.54, 1.807) is 6.92 Å². The zero-order valence-corrected chi connectivity index (χ0v) is 12.8. The molecule has 0 radical (unpaired) electrons. The number of aliphatic carboxylic acids is 2. The minimum atomic E-state index is -3.67. The maximum atomic E-state index is 12.3. The Hall–Kier alpha value is -1.13. The van der Waals surface area contributed by atoms with Crippen LogP contribution in [0.3, 0.4) is 0 Å². The zero-order valence-electron chi connectivity index (χ0n) is 11.9. The van der Waals surface area contributed by atoms with Crippen LogP contribution in [0, 0.1) is 5.92 Å². The van der Waals surface area contributed by atoms with Gasteiger partial charge in [-0.1, -0.05) is 25.5 Å². The monoisotopic (exact) mass is 306 g/mol. The van der Waals surface area contributed by atoms with Gasteiger partial charge >= 0.3 is 11.9 Å². The summed E-state index contributed by atoms with van der Waals surface area (Å²) in [6.07, 6.45) is 3.78. The van der Waals surface area contributed by atoms with Crippen LogP contribution in [-0.2, 0) is 14.2 Å². The minimum Gasteiger partial charge on any atom is -0.481 e. The van der Waals surface area contributed by atoms with Crippen molar-refractivity contribution in [2.75, 3.05) is 6.16 Å². The molecular formula is C13H23O6P. The highest BCUT2D eigenvalue weighted by atomic mass is 31.2. The lowest BCUT2D eigenvalue weighted by molar-refractivity contribution is -0.142. The van der Waals surface area contributed by atoms with E-state index in [1.165, 1.54) is 12.2 Å². The Labute approximate surface area is 119 Å². The summed E-state index contributed by atoms with van der Waals surface area (Å²) in [4.78, 5) is 32.0. The standard InChI is InChI=1S/C13H23O6P/c1-3-5-9-20(18,19)11(6-4-2)10(13(16)17)7-8-12(14)15/h4,6,10-11H,3,5,7-9H2,1-2H3,(H,14,15)(H,16,17)(H,18,19). The lowest BCUT2D eigenvalue weighted by Gasteiger charge is -2.25. The molecule has 0 aliphatic rings. The first kappa shape index (κ1) is 18.9. The van der Waals surface area contributed by atoms with Gasteiger partial charge in [0.05, 0.1) is 11.6 Å². The molecule has 0 rings (SSSR count). The molecule has 0 aromatic heterocycles. The van der Waals surface area contributed by atoms with Gasteiger partial charge in [-0.05, 0) is 19.8 Å². The molecule has 0 aliphatic heterocycles. The molecule has 3 atom stereocenters. The van der Waals surface area contributed by atoms with E-state index >= 15 is 0 Å². The van der Waals surface area contributed by atoms with Crippen molar-refractivity contribution in [3.05, 3.63) is 12.2 Å². The van der Waals surface area contributed by atoms with Crippen molar-refractivity contribution in [1.82, 2.24) is 0 Å². The zero-order chi connectivity index (χ0) is 15.8. The molecule has 0 saturated heterocycles. The Morgan fingerprint density at radius 1 is 1.30 bits per heavy atom. The van der Waals surface area contributed by atoms with E-state index in [9.17, 15) is 24.2 Å². The summed E-state index contributed by atoms with van der Waals surface area (Å²) in [6, 6.07) is 0. The van der Waals surface area contributed by atoms with Crippen molar-refractivity contribution in [2.45, 2.75) is 45.2 Å². The van der Waals surface area contributed by atoms with Gasteiger partial charge in [-0.3, -0.25) is 14.2 Å². The van der Waals surface area contributed by atoms with Crippen LogP contribution < -0.4 is 0 Å². The van der Waals surface area contributed by atoms with Crippen molar-refractivity contribution < 1.29 is 29.3 Å². The summed E-state index contributed by atoms with van der Waals surface area (Å²) >= 11 is 0. The second-order valence-corrected chi connectivity index (χ2v) is 7.28. The van der Waals surface area contributed by atoms with Gasteiger partial charge < -0.3 is 15.1 Å². The highest BCUT2D eigenvalue weighted by Crippen LogP contribution is 2.51. The van der Waals surface area contributed by atoms with Crippen LogP contribution in [0.5, 0.6) is 0 Å². The summed E-state index contributed by atoms with van der Waals surface area (Å²) in [7, 11) is -3.67. The predicted octanol–water partition coefficient (Wildman–Crippen LogP) is 2.57. The molecule has 3 unspecified atom stereocenters. The van der Waals surface area contributed by atoms with Gasteiger partial charge in [0.1, 0.15) is 0 Å². The normalized spacial score (nSPS) is 17.6. The number of unbranched alkanes of at least 4 members (excludes halogenated alkanes) is 1. The fraction of sp³-hybridized carbons (Fsp3) is 0.692. The first-order valence-corrected chi connectivity index (χ1v) is 8.56. The molecule has 0 fully saturated rings. The minimum absolute atomic E-state index is 0.0510. The van der Waals surface area contributed by atoms with E-state index in [4.69, 9.17) is 5.11 Å². The maximum Gasteiger partial charge on any atom is 0.307 e. The fourth-order valence-electron chi connectivity index (χ4n) is 2.00. The lowest BCUT2D eigenvalue weighted by Crippen LogP contribution is -2.28. The van der Waals surface area contributed by atoms with Crippen molar-refractivity contribution in [2.24, 2.45) is 5.92 Å². The third-order valence-electron chi connectivity index (χ3n) is 3.09. The van der Waals surface area contributed by atoms with Gasteiger partial charge in [0.15, 0.2) is 0 Å². The van der Waals surface area contributed by atoms with Crippen molar-refractivity contribution in [3.8, 4) is 0 Å². The molecule has 0 aliphatic carbocycles. The molecule has 0 spiro atoms. The first-order valence-electron chi connectivity index (χ1n) is 6.65. The molecule has 6 nitrogen and oxygen atoms in total. The number of allylic oxidation sites excluding steroid dienone is 2. The van der Waals surface area contributed by atoms with E-state index in [1.807, 2.05) is 6.92 Å². The van der Waals surface area contributed by atoms with Crippen LogP contribution in [0.4, 0.5) is 0 Å². The Morgan fingerprint density at radius 3 is 2.30 bits per heavy atom. The highest BCUT2D eigenvalue weighted by molar-refractivity contribution is 7.59. The van der Waals surface area contributed by atoms with E-state index in [0.29, 0.717) is 6.42 Å². The number of rotatable bonds is 10. The number of carboxylic acids is 2. The molecule has 0 aromatic carbocycles. The average molecular weight is 306 g/mol. The fourth-order valence-corrected chi connectivity index (χ4v) is 4.35. The summed E-state index contributed by atoms with van der Waals surface area (Å²) in [5, 5.41) is 17.9. The molecule has 0 heterocycles. The number of hydrogen-bond acceptors (Lipinski definition) is 3. The van der Waals surface area contributed by atoms with Crippen molar-refractivity contribution >= 4 is 19.3 Å². The Kier molecular flexibility index (Phi) is 8.42. The summed E-state index contributed by atoms with van der Waals surface area (Å²) in [6.45, 7) is 3.52. The lowest BCUT2D eigenvalue weighted by atomic mass is 9.99. The highest BCUT2D eigenvalue weighted by Gasteiger charge is 2.38. The molecule has 3 N–H and O–H groups in total. The average Bonchev–Trinajstić information content (AvgIpc) is 2.34. The maximum absolute atomic E-state index is 12.3. The van der Waals surface area contributed by atoms with Gasteiger partial charge in [0.25, 0.3) is 0 Å². The van der Waals surface area contributed by atoms with Crippen molar-refractivity contribution in [1.29, 1.82) is 0 Å². The van der Waals surface area contributed by atoms with Gasteiger partial charge in [0, 0.05) is 12.6 Å². The number of carbonyl (C=O) groups is 2. The summed E-state index contributed by atoms with van der Waals surface area (Å²) in [5.74, 6) is -3.51. The van der Waals surface area contributed by atoms with Crippen LogP contribution in [-0.4, -0.2) is 38.9 Å². The van der Waals surface area contributed by atoms with E-state index < -0.39 is 30.9 Å². The van der Waals surface area contributed by atoms with Crippen LogP contribution in [0.15, 0.2) is 12.2 Å². The van der Waals surface area contributed by atoms with Gasteiger partial charge in [-0.15, -0.1) is 0 Å². The van der Waals surface area contributed by atoms with Crippen LogP contribution in [0.1, 0.15) is 39.5 Å². The van der Waals surface area contributed by atoms with Crippen molar-refractivity contribution in [3.63, 3.8) is 0 Å². The smallest absolute Gasteiger partial charge is 0.307 e. The Morgan fingerprint density at radius 2 is 1.90 bits per heavy atom. The molecule has 0 bridgehead atoms. The third kappa shape index (κ3) is 6.35. The molecule has 7 heteroatoms. The van der Waals surface area contributed by atoms with E-state index in [-0.39, 0.29) is 19.0 Å². The predicted molar refractivity (Wildman–Crippen MR) is 76.2 cm³/mol. The van der Waals surface area contributed by atoms with Crippen LogP contribution in [0.25, 0.3) is 0 Å². The van der Waals surface area contributed by atoms with Gasteiger partial charge in [0.2, 0.25) is 7.37 Å².